The lowest BCUT2D eigenvalue weighted by Gasteiger charge is -2.15. The third kappa shape index (κ3) is 3.65. The van der Waals surface area contributed by atoms with Gasteiger partial charge < -0.3 is 16.0 Å². The maximum absolute atomic E-state index is 12.4. The Morgan fingerprint density at radius 1 is 1.17 bits per heavy atom. The zero-order valence-corrected chi connectivity index (χ0v) is 16.4. The summed E-state index contributed by atoms with van der Waals surface area (Å²) in [6, 6.07) is 11.8. The maximum Gasteiger partial charge on any atom is 0.251 e. The van der Waals surface area contributed by atoms with Crippen LogP contribution in [-0.4, -0.2) is 40.6 Å². The van der Waals surface area contributed by atoms with Gasteiger partial charge >= 0.3 is 0 Å². The highest BCUT2D eigenvalue weighted by atomic mass is 16.1. The number of nitrogens with one attached hydrogen (secondary N) is 4. The number of hydrogen-bond donors (Lipinski definition) is 4. The van der Waals surface area contributed by atoms with Crippen molar-refractivity contribution in [2.75, 3.05) is 18.4 Å². The summed E-state index contributed by atoms with van der Waals surface area (Å²) in [7, 11) is 0. The van der Waals surface area contributed by atoms with Crippen LogP contribution in [0.5, 0.6) is 0 Å². The minimum atomic E-state index is -0.0341. The normalized spacial score (nSPS) is 18.1. The number of carbonyl (C=O) groups is 1. The molecule has 5 rings (SSSR count). The van der Waals surface area contributed by atoms with Crippen molar-refractivity contribution < 1.29 is 4.79 Å². The largest absolute Gasteiger partial charge is 0.352 e. The number of benzene rings is 1. The molecule has 4 heterocycles. The van der Waals surface area contributed by atoms with Crippen molar-refractivity contribution in [2.24, 2.45) is 5.10 Å². The monoisotopic (exact) mass is 401 g/mol. The van der Waals surface area contributed by atoms with Gasteiger partial charge in [0.2, 0.25) is 0 Å². The third-order valence-corrected chi connectivity index (χ3v) is 5.42. The zero-order valence-electron chi connectivity index (χ0n) is 16.4. The Morgan fingerprint density at radius 2 is 2.07 bits per heavy atom. The van der Waals surface area contributed by atoms with E-state index in [2.05, 4.69) is 41.9 Å². The molecule has 0 aliphatic carbocycles. The second-order valence-corrected chi connectivity index (χ2v) is 7.43. The average molecular weight is 401 g/mol. The highest BCUT2D eigenvalue weighted by Crippen LogP contribution is 2.26. The molecule has 0 saturated carbocycles. The highest BCUT2D eigenvalue weighted by molar-refractivity contribution is 5.95. The van der Waals surface area contributed by atoms with E-state index in [4.69, 9.17) is 0 Å². The summed E-state index contributed by atoms with van der Waals surface area (Å²) in [5, 5.41) is 13.8. The number of amides is 1. The Morgan fingerprint density at radius 3 is 2.83 bits per heavy atom. The minimum Gasteiger partial charge on any atom is -0.352 e. The molecule has 2 aliphatic rings. The first-order valence-corrected chi connectivity index (χ1v) is 10.1. The van der Waals surface area contributed by atoms with Crippen molar-refractivity contribution >= 4 is 34.7 Å². The number of rotatable bonds is 5. The van der Waals surface area contributed by atoms with E-state index in [-0.39, 0.29) is 11.9 Å². The molecule has 1 fully saturated rings. The summed E-state index contributed by atoms with van der Waals surface area (Å²) in [4.78, 5) is 16.9. The van der Waals surface area contributed by atoms with E-state index in [1.165, 1.54) is 0 Å². The number of allylic oxidation sites excluding steroid dienone is 1. The van der Waals surface area contributed by atoms with E-state index in [1.54, 1.807) is 6.20 Å². The lowest BCUT2D eigenvalue weighted by Crippen LogP contribution is -2.36. The summed E-state index contributed by atoms with van der Waals surface area (Å²) in [6.07, 6.45) is 9.25. The number of pyridine rings is 1. The predicted octanol–water partition coefficient (Wildman–Crippen LogP) is 2.49. The molecular formula is C22H23N7O. The van der Waals surface area contributed by atoms with Gasteiger partial charge in [0.05, 0.1) is 11.4 Å². The van der Waals surface area contributed by atoms with E-state index >= 15 is 0 Å². The molecule has 0 radical (unpaired) electrons. The summed E-state index contributed by atoms with van der Waals surface area (Å²) < 4.78 is 2.06. The lowest BCUT2D eigenvalue weighted by molar-refractivity contribution is 0.0940. The molecule has 30 heavy (non-hydrogen) atoms. The fourth-order valence-electron chi connectivity index (χ4n) is 3.83. The van der Waals surface area contributed by atoms with Crippen molar-refractivity contribution in [1.82, 2.24) is 25.4 Å². The molecule has 8 nitrogen and oxygen atoms in total. The number of carbonyl (C=O) groups excluding carboxylic acids is 1. The van der Waals surface area contributed by atoms with Gasteiger partial charge in [-0.25, -0.2) is 4.98 Å². The van der Waals surface area contributed by atoms with Gasteiger partial charge in [-0.15, -0.1) is 0 Å². The smallest absolute Gasteiger partial charge is 0.251 e. The number of fused-ring (bicyclic) bond motifs is 1. The molecule has 0 bridgehead atoms. The zero-order chi connectivity index (χ0) is 20.3. The second-order valence-electron chi connectivity index (χ2n) is 7.43. The van der Waals surface area contributed by atoms with Gasteiger partial charge in [0.1, 0.15) is 0 Å². The molecule has 0 spiro atoms. The SMILES string of the molecule is O=C(NC1CCNC1)c1ccc(Nc2ccc(C3=CNN=CC3)n3ccnc23)cc1. The van der Waals surface area contributed by atoms with Gasteiger partial charge in [-0.3, -0.25) is 14.6 Å². The summed E-state index contributed by atoms with van der Waals surface area (Å²) in [5.74, 6) is -0.0341. The Bertz CT molecular complexity index is 1120. The van der Waals surface area contributed by atoms with Crippen LogP contribution in [0.15, 0.2) is 60.1 Å². The van der Waals surface area contributed by atoms with Crippen LogP contribution >= 0.6 is 0 Å². The molecule has 1 unspecified atom stereocenters. The fourth-order valence-corrected chi connectivity index (χ4v) is 3.83. The molecule has 2 aromatic heterocycles. The van der Waals surface area contributed by atoms with E-state index in [9.17, 15) is 4.79 Å². The number of imidazole rings is 1. The van der Waals surface area contributed by atoms with Crippen LogP contribution in [0.25, 0.3) is 11.2 Å². The molecule has 1 aromatic carbocycles. The van der Waals surface area contributed by atoms with Crippen molar-refractivity contribution in [2.45, 2.75) is 18.9 Å². The first-order valence-electron chi connectivity index (χ1n) is 10.1. The van der Waals surface area contributed by atoms with E-state index < -0.39 is 0 Å². The minimum absolute atomic E-state index is 0.0341. The van der Waals surface area contributed by atoms with Crippen LogP contribution in [0.2, 0.25) is 0 Å². The molecule has 1 amide bonds. The quantitative estimate of drug-likeness (QED) is 0.527. The van der Waals surface area contributed by atoms with Crippen LogP contribution in [0, 0.1) is 0 Å². The molecule has 3 aromatic rings. The Balaban J connectivity index is 1.34. The van der Waals surface area contributed by atoms with Gasteiger partial charge in [0, 0.05) is 55.1 Å². The van der Waals surface area contributed by atoms with E-state index in [0.717, 1.165) is 54.2 Å². The lowest BCUT2D eigenvalue weighted by atomic mass is 10.1. The van der Waals surface area contributed by atoms with Gasteiger partial charge in [-0.2, -0.15) is 5.10 Å². The molecule has 2 aliphatic heterocycles. The molecular weight excluding hydrogens is 378 g/mol. The topological polar surface area (TPSA) is 94.8 Å². The van der Waals surface area contributed by atoms with Crippen molar-refractivity contribution in [1.29, 1.82) is 0 Å². The van der Waals surface area contributed by atoms with Crippen molar-refractivity contribution in [3.8, 4) is 0 Å². The van der Waals surface area contributed by atoms with Crippen LogP contribution in [0.4, 0.5) is 11.4 Å². The van der Waals surface area contributed by atoms with Gasteiger partial charge in [-0.1, -0.05) is 0 Å². The Kier molecular flexibility index (Phi) is 4.90. The number of hydrazone groups is 1. The van der Waals surface area contributed by atoms with Crippen LogP contribution in [-0.2, 0) is 0 Å². The standard InChI is InChI=1S/C22H23N7O/c30-22(28-18-8-9-23-14-18)15-1-3-17(4-2-15)27-19-5-6-20(16-7-10-25-26-13-16)29-12-11-24-21(19)29/h1-6,10-13,18,23,26-27H,7-9,14H2,(H,28,30). The molecule has 152 valence electrons. The number of nitrogens with zero attached hydrogens (tertiary/aromatic N) is 3. The highest BCUT2D eigenvalue weighted by Gasteiger charge is 2.17. The number of anilines is 2. The average Bonchev–Trinajstić information content (AvgIpc) is 3.47. The van der Waals surface area contributed by atoms with Crippen molar-refractivity contribution in [3.63, 3.8) is 0 Å². The van der Waals surface area contributed by atoms with E-state index in [1.807, 2.05) is 48.9 Å². The predicted molar refractivity (Wildman–Crippen MR) is 118 cm³/mol. The van der Waals surface area contributed by atoms with E-state index in [0.29, 0.717) is 5.56 Å². The van der Waals surface area contributed by atoms with Crippen LogP contribution in [0.3, 0.4) is 0 Å². The molecule has 1 saturated heterocycles. The van der Waals surface area contributed by atoms with Gasteiger partial charge in [0.15, 0.2) is 5.65 Å². The van der Waals surface area contributed by atoms with Crippen LogP contribution in [0.1, 0.15) is 28.9 Å². The number of aromatic nitrogens is 2. The first kappa shape index (κ1) is 18.4. The maximum atomic E-state index is 12.4. The van der Waals surface area contributed by atoms with Crippen molar-refractivity contribution in [3.05, 3.63) is 66.2 Å². The van der Waals surface area contributed by atoms with Gasteiger partial charge in [0.25, 0.3) is 5.91 Å². The molecule has 4 N–H and O–H groups in total. The summed E-state index contributed by atoms with van der Waals surface area (Å²) in [6.45, 7) is 1.79. The number of hydrogen-bond acceptors (Lipinski definition) is 6. The second kappa shape index (κ2) is 8.00. The first-order chi connectivity index (χ1) is 14.8. The summed E-state index contributed by atoms with van der Waals surface area (Å²) in [5.41, 5.74) is 8.42. The fraction of sp³-hybridized carbons (Fsp3) is 0.227. The Labute approximate surface area is 174 Å². The Hall–Kier alpha value is -3.65. The third-order valence-electron chi connectivity index (χ3n) is 5.42. The van der Waals surface area contributed by atoms with Gasteiger partial charge in [-0.05, 0) is 54.9 Å². The molecule has 1 atom stereocenters. The van der Waals surface area contributed by atoms with Crippen LogP contribution < -0.4 is 21.4 Å². The summed E-state index contributed by atoms with van der Waals surface area (Å²) >= 11 is 0. The molecule has 8 heteroatoms.